The van der Waals surface area contributed by atoms with Crippen molar-refractivity contribution in [1.29, 1.82) is 0 Å². The average Bonchev–Trinajstić information content (AvgIpc) is 2.93. The van der Waals surface area contributed by atoms with Gasteiger partial charge in [0.1, 0.15) is 18.3 Å². The van der Waals surface area contributed by atoms with Crippen molar-refractivity contribution in [2.75, 3.05) is 25.0 Å². The van der Waals surface area contributed by atoms with E-state index in [9.17, 15) is 18.0 Å². The molecule has 0 spiro atoms. The smallest absolute Gasteiger partial charge is 0.264 e. The zero-order valence-corrected chi connectivity index (χ0v) is 23.3. The molecule has 3 rings (SSSR count). The fraction of sp³-hybridized carbons (Fsp3) is 0.310. The van der Waals surface area contributed by atoms with Crippen LogP contribution in [0.25, 0.3) is 0 Å². The van der Waals surface area contributed by atoms with Crippen LogP contribution in [0.2, 0.25) is 0 Å². The fourth-order valence-electron chi connectivity index (χ4n) is 4.16. The highest BCUT2D eigenvalue weighted by Gasteiger charge is 2.33. The van der Waals surface area contributed by atoms with Crippen molar-refractivity contribution in [3.63, 3.8) is 0 Å². The van der Waals surface area contributed by atoms with Crippen LogP contribution in [-0.2, 0) is 32.6 Å². The maximum absolute atomic E-state index is 13.9. The summed E-state index contributed by atoms with van der Waals surface area (Å²) in [5.41, 5.74) is 2.88. The van der Waals surface area contributed by atoms with Gasteiger partial charge in [0.05, 0.1) is 17.7 Å². The Hall–Kier alpha value is -3.85. The molecule has 8 nitrogen and oxygen atoms in total. The largest absolute Gasteiger partial charge is 0.497 e. The first-order valence-corrected chi connectivity index (χ1v) is 13.9. The summed E-state index contributed by atoms with van der Waals surface area (Å²) < 4.78 is 34.3. The highest BCUT2D eigenvalue weighted by atomic mass is 32.2. The van der Waals surface area contributed by atoms with E-state index >= 15 is 0 Å². The van der Waals surface area contributed by atoms with E-state index in [1.54, 1.807) is 56.5 Å². The minimum atomic E-state index is -4.10. The summed E-state index contributed by atoms with van der Waals surface area (Å²) in [5.74, 6) is -0.253. The summed E-state index contributed by atoms with van der Waals surface area (Å²) in [6.45, 7) is 5.05. The van der Waals surface area contributed by atoms with Gasteiger partial charge in [-0.25, -0.2) is 8.42 Å². The molecule has 202 valence electrons. The molecular formula is C29H35N3O5S. The number of ether oxygens (including phenoxy) is 1. The molecule has 0 radical (unpaired) electrons. The normalized spacial score (nSPS) is 11.9. The summed E-state index contributed by atoms with van der Waals surface area (Å²) in [6.07, 6.45) is 0.576. The van der Waals surface area contributed by atoms with Gasteiger partial charge in [0, 0.05) is 13.6 Å². The molecule has 3 aromatic rings. The maximum atomic E-state index is 13.9. The monoisotopic (exact) mass is 537 g/mol. The number of benzene rings is 3. The summed E-state index contributed by atoms with van der Waals surface area (Å²) in [4.78, 5) is 28.0. The van der Waals surface area contributed by atoms with Crippen LogP contribution in [0.3, 0.4) is 0 Å². The molecular weight excluding hydrogens is 502 g/mol. The summed E-state index contributed by atoms with van der Waals surface area (Å²) in [7, 11) is -1.05. The molecule has 2 amide bonds. The second-order valence-corrected chi connectivity index (χ2v) is 10.8. The number of aryl methyl sites for hydroxylation is 2. The Morgan fingerprint density at radius 1 is 1.00 bits per heavy atom. The molecule has 9 heteroatoms. The van der Waals surface area contributed by atoms with E-state index < -0.39 is 28.5 Å². The van der Waals surface area contributed by atoms with Crippen molar-refractivity contribution in [3.8, 4) is 5.75 Å². The fourth-order valence-corrected chi connectivity index (χ4v) is 5.61. The van der Waals surface area contributed by atoms with E-state index in [-0.39, 0.29) is 17.3 Å². The van der Waals surface area contributed by atoms with E-state index in [2.05, 4.69) is 5.32 Å². The summed E-state index contributed by atoms with van der Waals surface area (Å²) in [5, 5.41) is 2.58. The third-order valence-electron chi connectivity index (χ3n) is 6.43. The number of likely N-dealkylation sites (N-methyl/N-ethyl adjacent to an activating group) is 1. The maximum Gasteiger partial charge on any atom is 0.264 e. The van der Waals surface area contributed by atoms with Gasteiger partial charge in [-0.15, -0.1) is 0 Å². The predicted octanol–water partition coefficient (Wildman–Crippen LogP) is 3.92. The molecule has 0 aliphatic heterocycles. The number of anilines is 1. The molecule has 0 fully saturated rings. The van der Waals surface area contributed by atoms with E-state index in [0.29, 0.717) is 17.9 Å². The Kier molecular flexibility index (Phi) is 9.52. The minimum absolute atomic E-state index is 0.0838. The van der Waals surface area contributed by atoms with E-state index in [0.717, 1.165) is 21.0 Å². The molecule has 1 unspecified atom stereocenters. The van der Waals surface area contributed by atoms with Crippen molar-refractivity contribution in [3.05, 3.63) is 89.5 Å². The Morgan fingerprint density at radius 3 is 2.32 bits per heavy atom. The van der Waals surface area contributed by atoms with Crippen molar-refractivity contribution in [2.45, 2.75) is 44.7 Å². The van der Waals surface area contributed by atoms with Gasteiger partial charge in [0.2, 0.25) is 11.8 Å². The highest BCUT2D eigenvalue weighted by Crippen LogP contribution is 2.28. The van der Waals surface area contributed by atoms with Gasteiger partial charge in [-0.1, -0.05) is 55.0 Å². The zero-order valence-electron chi connectivity index (χ0n) is 22.5. The van der Waals surface area contributed by atoms with Crippen molar-refractivity contribution >= 4 is 27.5 Å². The number of methoxy groups -OCH3 is 1. The molecule has 0 aliphatic carbocycles. The molecule has 0 saturated carbocycles. The molecule has 3 aromatic carbocycles. The summed E-state index contributed by atoms with van der Waals surface area (Å²) >= 11 is 0. The number of carbonyl (C=O) groups excluding carboxylic acids is 2. The Balaban J connectivity index is 2.07. The highest BCUT2D eigenvalue weighted by molar-refractivity contribution is 7.92. The standard InChI is InChI=1S/C29H35N3O5S/c1-6-24-11-7-8-13-27(24)32(38(35,36)26-16-14-21(2)15-17-26)20-28(33)31(22(3)29(34)30-4)19-23-10-9-12-25(18-23)37-5/h7-18,22H,6,19-20H2,1-5H3,(H,30,34). The van der Waals surface area contributed by atoms with Gasteiger partial charge in [-0.3, -0.25) is 13.9 Å². The van der Waals surface area contributed by atoms with Crippen molar-refractivity contribution in [1.82, 2.24) is 10.2 Å². The van der Waals surface area contributed by atoms with Gasteiger partial charge in [-0.05, 0) is 61.7 Å². The quantitative estimate of drug-likeness (QED) is 0.400. The lowest BCUT2D eigenvalue weighted by Crippen LogP contribution is -2.50. The van der Waals surface area contributed by atoms with Gasteiger partial charge < -0.3 is 15.0 Å². The molecule has 0 aliphatic rings. The second-order valence-electron chi connectivity index (χ2n) is 8.97. The lowest BCUT2D eigenvalue weighted by molar-refractivity contribution is -0.139. The molecule has 38 heavy (non-hydrogen) atoms. The molecule has 0 saturated heterocycles. The van der Waals surface area contributed by atoms with Crippen LogP contribution in [0.4, 0.5) is 5.69 Å². The number of hydrogen-bond donors (Lipinski definition) is 1. The van der Waals surface area contributed by atoms with Gasteiger partial charge in [0.25, 0.3) is 10.0 Å². The van der Waals surface area contributed by atoms with Crippen molar-refractivity contribution in [2.24, 2.45) is 0 Å². The number of para-hydroxylation sites is 1. The van der Waals surface area contributed by atoms with Crippen LogP contribution in [0, 0.1) is 6.92 Å². The first kappa shape index (κ1) is 28.7. The van der Waals surface area contributed by atoms with Crippen LogP contribution in [-0.4, -0.2) is 51.9 Å². The zero-order chi connectivity index (χ0) is 27.9. The number of amides is 2. The second kappa shape index (κ2) is 12.6. The third-order valence-corrected chi connectivity index (χ3v) is 8.20. The van der Waals surface area contributed by atoms with Gasteiger partial charge in [-0.2, -0.15) is 0 Å². The first-order chi connectivity index (χ1) is 18.1. The predicted molar refractivity (Wildman–Crippen MR) is 149 cm³/mol. The van der Waals surface area contributed by atoms with Crippen LogP contribution in [0.1, 0.15) is 30.5 Å². The number of carbonyl (C=O) groups is 2. The molecule has 1 atom stereocenters. The molecule has 1 N–H and O–H groups in total. The minimum Gasteiger partial charge on any atom is -0.497 e. The SMILES string of the molecule is CCc1ccccc1N(CC(=O)N(Cc1cccc(OC)c1)C(C)C(=O)NC)S(=O)(=O)c1ccc(C)cc1. The van der Waals surface area contributed by atoms with Crippen LogP contribution >= 0.6 is 0 Å². The number of nitrogens with zero attached hydrogens (tertiary/aromatic N) is 2. The van der Waals surface area contributed by atoms with E-state index in [1.807, 2.05) is 32.0 Å². The number of nitrogens with one attached hydrogen (secondary N) is 1. The van der Waals surface area contributed by atoms with Crippen molar-refractivity contribution < 1.29 is 22.7 Å². The Morgan fingerprint density at radius 2 is 1.68 bits per heavy atom. The van der Waals surface area contributed by atoms with Gasteiger partial charge >= 0.3 is 0 Å². The van der Waals surface area contributed by atoms with E-state index in [4.69, 9.17) is 4.74 Å². The first-order valence-electron chi connectivity index (χ1n) is 12.4. The topological polar surface area (TPSA) is 96.0 Å². The molecule has 0 bridgehead atoms. The number of hydrogen-bond acceptors (Lipinski definition) is 5. The van der Waals surface area contributed by atoms with Crippen LogP contribution < -0.4 is 14.4 Å². The molecule has 0 aromatic heterocycles. The average molecular weight is 538 g/mol. The van der Waals surface area contributed by atoms with E-state index in [1.165, 1.54) is 24.1 Å². The lowest BCUT2D eigenvalue weighted by Gasteiger charge is -2.32. The third kappa shape index (κ3) is 6.52. The van der Waals surface area contributed by atoms with Gasteiger partial charge in [0.15, 0.2) is 0 Å². The lowest BCUT2D eigenvalue weighted by atomic mass is 10.1. The van der Waals surface area contributed by atoms with Crippen LogP contribution in [0.5, 0.6) is 5.75 Å². The van der Waals surface area contributed by atoms with Crippen LogP contribution in [0.15, 0.2) is 77.7 Å². The Bertz CT molecular complexity index is 1370. The summed E-state index contributed by atoms with van der Waals surface area (Å²) in [6, 6.07) is 20.0. The number of rotatable bonds is 11. The number of sulfonamides is 1. The molecule has 0 heterocycles. The Labute approximate surface area is 225 Å².